The zero-order valence-corrected chi connectivity index (χ0v) is 16.6. The van der Waals surface area contributed by atoms with Crippen molar-refractivity contribution in [3.8, 4) is 0 Å². The van der Waals surface area contributed by atoms with E-state index in [2.05, 4.69) is 43.3 Å². The van der Waals surface area contributed by atoms with Crippen molar-refractivity contribution in [2.45, 2.75) is 59.4 Å². The SMILES string of the molecule is Cc1cc(C)c(NC(=O)c2cc(C3CC3)nc3c2cnn3C(C)C)c(C)c1. The molecule has 4 rings (SSSR count). The Morgan fingerprint density at radius 2 is 1.81 bits per heavy atom. The third kappa shape index (κ3) is 3.22. The van der Waals surface area contributed by atoms with Crippen molar-refractivity contribution in [2.24, 2.45) is 0 Å². The minimum absolute atomic E-state index is 0.0948. The molecule has 1 N–H and O–H groups in total. The van der Waals surface area contributed by atoms with Crippen LogP contribution in [0.4, 0.5) is 5.69 Å². The van der Waals surface area contributed by atoms with Crippen LogP contribution in [0.1, 0.15) is 71.4 Å². The number of nitrogens with zero attached hydrogens (tertiary/aromatic N) is 3. The van der Waals surface area contributed by atoms with Gasteiger partial charge in [0, 0.05) is 23.3 Å². The van der Waals surface area contributed by atoms with E-state index in [4.69, 9.17) is 4.98 Å². The van der Waals surface area contributed by atoms with Crippen molar-refractivity contribution in [1.82, 2.24) is 14.8 Å². The first-order chi connectivity index (χ1) is 12.8. The molecule has 3 aromatic rings. The van der Waals surface area contributed by atoms with Crippen molar-refractivity contribution in [3.05, 3.63) is 52.3 Å². The second-order valence-corrected chi connectivity index (χ2v) is 8.02. The zero-order valence-electron chi connectivity index (χ0n) is 16.6. The molecule has 5 heteroatoms. The number of aromatic nitrogens is 3. The summed E-state index contributed by atoms with van der Waals surface area (Å²) < 4.78 is 1.90. The Morgan fingerprint density at radius 1 is 1.15 bits per heavy atom. The fourth-order valence-corrected chi connectivity index (χ4v) is 3.75. The zero-order chi connectivity index (χ0) is 19.3. The van der Waals surface area contributed by atoms with Gasteiger partial charge in [0.05, 0.1) is 17.1 Å². The number of amides is 1. The molecule has 0 unspecified atom stereocenters. The van der Waals surface area contributed by atoms with Crippen LogP contribution in [0.3, 0.4) is 0 Å². The molecule has 1 aromatic carbocycles. The second-order valence-electron chi connectivity index (χ2n) is 8.02. The Hall–Kier alpha value is -2.69. The summed E-state index contributed by atoms with van der Waals surface area (Å²) in [5.74, 6) is 0.377. The number of anilines is 1. The standard InChI is InChI=1S/C22H26N4O/c1-12(2)26-21-18(11-23-26)17(10-19(24-21)16-6-7-16)22(27)25-20-14(4)8-13(3)9-15(20)5/h8-12,16H,6-7H2,1-5H3,(H,25,27). The number of aryl methyl sites for hydroxylation is 3. The Kier molecular flexibility index (Phi) is 4.25. The maximum Gasteiger partial charge on any atom is 0.256 e. The van der Waals surface area contributed by atoms with Crippen LogP contribution >= 0.6 is 0 Å². The molecule has 1 aliphatic carbocycles. The molecule has 2 heterocycles. The van der Waals surface area contributed by atoms with Gasteiger partial charge in [0.15, 0.2) is 5.65 Å². The number of fused-ring (bicyclic) bond motifs is 1. The predicted molar refractivity (Wildman–Crippen MR) is 108 cm³/mol. The molecule has 0 bridgehead atoms. The van der Waals surface area contributed by atoms with Crippen molar-refractivity contribution in [1.29, 1.82) is 0 Å². The van der Waals surface area contributed by atoms with E-state index in [0.717, 1.165) is 46.4 Å². The van der Waals surface area contributed by atoms with Gasteiger partial charge in [-0.15, -0.1) is 0 Å². The van der Waals surface area contributed by atoms with Crippen LogP contribution in [0.5, 0.6) is 0 Å². The van der Waals surface area contributed by atoms with E-state index >= 15 is 0 Å². The molecule has 0 aliphatic heterocycles. The molecular weight excluding hydrogens is 336 g/mol. The number of hydrogen-bond donors (Lipinski definition) is 1. The first kappa shape index (κ1) is 17.7. The molecule has 0 saturated heterocycles. The van der Waals surface area contributed by atoms with Gasteiger partial charge in [-0.2, -0.15) is 5.10 Å². The highest BCUT2D eigenvalue weighted by Gasteiger charge is 2.28. The lowest BCUT2D eigenvalue weighted by atomic mass is 10.0. The second kappa shape index (κ2) is 6.48. The molecule has 0 radical (unpaired) electrons. The van der Waals surface area contributed by atoms with Gasteiger partial charge in [-0.25, -0.2) is 9.67 Å². The number of pyridine rings is 1. The molecule has 2 aromatic heterocycles. The van der Waals surface area contributed by atoms with Crippen LogP contribution < -0.4 is 5.32 Å². The van der Waals surface area contributed by atoms with Gasteiger partial charge >= 0.3 is 0 Å². The molecule has 1 amide bonds. The summed E-state index contributed by atoms with van der Waals surface area (Å²) in [6.07, 6.45) is 4.06. The van der Waals surface area contributed by atoms with Crippen LogP contribution in [-0.2, 0) is 0 Å². The summed E-state index contributed by atoms with van der Waals surface area (Å²) in [4.78, 5) is 18.1. The minimum atomic E-state index is -0.0948. The normalized spacial score (nSPS) is 14.1. The largest absolute Gasteiger partial charge is 0.321 e. The van der Waals surface area contributed by atoms with Gasteiger partial charge in [0.2, 0.25) is 0 Å². The van der Waals surface area contributed by atoms with Gasteiger partial charge in [-0.3, -0.25) is 4.79 Å². The molecule has 140 valence electrons. The van der Waals surface area contributed by atoms with E-state index in [1.165, 1.54) is 5.56 Å². The summed E-state index contributed by atoms with van der Waals surface area (Å²) in [6, 6.07) is 6.34. The number of carbonyl (C=O) groups excluding carboxylic acids is 1. The summed E-state index contributed by atoms with van der Waals surface area (Å²) in [6.45, 7) is 10.3. The summed E-state index contributed by atoms with van der Waals surface area (Å²) in [7, 11) is 0. The van der Waals surface area contributed by atoms with Crippen LogP contribution in [-0.4, -0.2) is 20.7 Å². The minimum Gasteiger partial charge on any atom is -0.321 e. The summed E-state index contributed by atoms with van der Waals surface area (Å²) in [5, 5.41) is 8.44. The fourth-order valence-electron chi connectivity index (χ4n) is 3.75. The molecule has 1 fully saturated rings. The van der Waals surface area contributed by atoms with E-state index in [1.54, 1.807) is 6.20 Å². The lowest BCUT2D eigenvalue weighted by Crippen LogP contribution is -2.15. The van der Waals surface area contributed by atoms with Crippen LogP contribution in [0.25, 0.3) is 11.0 Å². The molecule has 1 saturated carbocycles. The number of hydrogen-bond acceptors (Lipinski definition) is 3. The van der Waals surface area contributed by atoms with Gasteiger partial charge in [-0.1, -0.05) is 17.7 Å². The van der Waals surface area contributed by atoms with E-state index in [-0.39, 0.29) is 11.9 Å². The van der Waals surface area contributed by atoms with Gasteiger partial charge in [-0.05, 0) is 64.7 Å². The molecule has 27 heavy (non-hydrogen) atoms. The van der Waals surface area contributed by atoms with Crippen molar-refractivity contribution < 1.29 is 4.79 Å². The Morgan fingerprint density at radius 3 is 2.41 bits per heavy atom. The van der Waals surface area contributed by atoms with Gasteiger partial charge in [0.1, 0.15) is 0 Å². The predicted octanol–water partition coefficient (Wildman–Crippen LogP) is 5.07. The molecular formula is C22H26N4O. The number of nitrogens with one attached hydrogen (secondary N) is 1. The van der Waals surface area contributed by atoms with Gasteiger partial charge in [0.25, 0.3) is 5.91 Å². The first-order valence-corrected chi connectivity index (χ1v) is 9.62. The number of rotatable bonds is 4. The quantitative estimate of drug-likeness (QED) is 0.705. The maximum absolute atomic E-state index is 13.2. The average molecular weight is 362 g/mol. The van der Waals surface area contributed by atoms with E-state index in [9.17, 15) is 4.79 Å². The van der Waals surface area contributed by atoms with Crippen LogP contribution in [0, 0.1) is 20.8 Å². The molecule has 0 atom stereocenters. The van der Waals surface area contributed by atoms with E-state index in [1.807, 2.05) is 24.6 Å². The molecule has 1 aliphatic rings. The molecule has 5 nitrogen and oxygen atoms in total. The van der Waals surface area contributed by atoms with Crippen LogP contribution in [0.2, 0.25) is 0 Å². The van der Waals surface area contributed by atoms with E-state index in [0.29, 0.717) is 11.5 Å². The highest BCUT2D eigenvalue weighted by atomic mass is 16.1. The summed E-state index contributed by atoms with van der Waals surface area (Å²) >= 11 is 0. The molecule has 0 spiro atoms. The van der Waals surface area contributed by atoms with Gasteiger partial charge < -0.3 is 5.32 Å². The highest BCUT2D eigenvalue weighted by molar-refractivity contribution is 6.12. The Bertz CT molecular complexity index is 1020. The maximum atomic E-state index is 13.2. The lowest BCUT2D eigenvalue weighted by Gasteiger charge is -2.14. The first-order valence-electron chi connectivity index (χ1n) is 9.62. The lowest BCUT2D eigenvalue weighted by molar-refractivity contribution is 0.102. The number of carbonyl (C=O) groups is 1. The Labute approximate surface area is 159 Å². The monoisotopic (exact) mass is 362 g/mol. The third-order valence-corrected chi connectivity index (χ3v) is 5.23. The topological polar surface area (TPSA) is 59.8 Å². The van der Waals surface area contributed by atoms with Crippen molar-refractivity contribution in [2.75, 3.05) is 5.32 Å². The van der Waals surface area contributed by atoms with Crippen molar-refractivity contribution >= 4 is 22.6 Å². The number of benzene rings is 1. The highest BCUT2D eigenvalue weighted by Crippen LogP contribution is 2.40. The third-order valence-electron chi connectivity index (χ3n) is 5.23. The Balaban J connectivity index is 1.80. The average Bonchev–Trinajstić information content (AvgIpc) is 3.35. The van der Waals surface area contributed by atoms with Crippen molar-refractivity contribution in [3.63, 3.8) is 0 Å². The summed E-state index contributed by atoms with van der Waals surface area (Å²) in [5.41, 5.74) is 6.71. The smallest absolute Gasteiger partial charge is 0.256 e. The van der Waals surface area contributed by atoms with E-state index < -0.39 is 0 Å². The van der Waals surface area contributed by atoms with Crippen LogP contribution in [0.15, 0.2) is 24.4 Å². The fraction of sp³-hybridized carbons (Fsp3) is 0.409.